The minimum absolute atomic E-state index is 0. The van der Waals surface area contributed by atoms with Crippen molar-refractivity contribution in [3.05, 3.63) is 45.3 Å². The third kappa shape index (κ3) is 4.54. The molecular formula is C15H17Cl2N3O3. The van der Waals surface area contributed by atoms with Crippen LogP contribution in [0.25, 0.3) is 11.0 Å². The zero-order chi connectivity index (χ0) is 16.3. The highest BCUT2D eigenvalue weighted by atomic mass is 35.5. The maximum absolute atomic E-state index is 12.3. The van der Waals surface area contributed by atoms with E-state index in [4.69, 9.17) is 16.0 Å². The van der Waals surface area contributed by atoms with E-state index < -0.39 is 6.04 Å². The summed E-state index contributed by atoms with van der Waals surface area (Å²) >= 11 is 5.88. The van der Waals surface area contributed by atoms with Crippen LogP contribution in [0.1, 0.15) is 19.4 Å². The summed E-state index contributed by atoms with van der Waals surface area (Å²) in [5.74, 6) is -0.206. The quantitative estimate of drug-likeness (QED) is 0.497. The van der Waals surface area contributed by atoms with Crippen LogP contribution in [0, 0.1) is 5.92 Å². The number of fused-ring (bicyclic) bond motifs is 1. The van der Waals surface area contributed by atoms with Crippen LogP contribution in [0.15, 0.2) is 38.8 Å². The third-order valence-electron chi connectivity index (χ3n) is 3.28. The Balaban J connectivity index is 0.00000264. The second-order valence-electron chi connectivity index (χ2n) is 5.25. The number of hydrogen-bond donors (Lipinski definition) is 2. The third-order valence-corrected chi connectivity index (χ3v) is 3.52. The number of halogens is 2. The van der Waals surface area contributed by atoms with Gasteiger partial charge in [0.1, 0.15) is 11.8 Å². The number of nitrogens with zero attached hydrogens (tertiary/aromatic N) is 1. The number of quaternary nitrogens is 1. The molecule has 1 aromatic carbocycles. The Hall–Kier alpha value is -1.89. The average Bonchev–Trinajstić information content (AvgIpc) is 2.49. The highest BCUT2D eigenvalue weighted by Gasteiger charge is 2.20. The van der Waals surface area contributed by atoms with Gasteiger partial charge in [-0.05, 0) is 18.2 Å². The fourth-order valence-electron chi connectivity index (χ4n) is 1.76. The smallest absolute Gasteiger partial charge is 0.298 e. The summed E-state index contributed by atoms with van der Waals surface area (Å²) in [6, 6.07) is 4.38. The minimum Gasteiger partial charge on any atom is -1.00 e. The van der Waals surface area contributed by atoms with Gasteiger partial charge in [0.05, 0.1) is 17.2 Å². The maximum Gasteiger partial charge on any atom is 0.298 e. The maximum atomic E-state index is 12.3. The number of nitrogens with one attached hydrogen (secondary N) is 1. The molecule has 0 aliphatic carbocycles. The molecule has 6 nitrogen and oxygen atoms in total. The summed E-state index contributed by atoms with van der Waals surface area (Å²) in [5.41, 5.74) is 6.50. The van der Waals surface area contributed by atoms with Crippen LogP contribution in [-0.2, 0) is 4.79 Å². The van der Waals surface area contributed by atoms with Crippen LogP contribution in [-0.4, -0.2) is 18.2 Å². The van der Waals surface area contributed by atoms with E-state index in [9.17, 15) is 9.59 Å². The predicted molar refractivity (Wildman–Crippen MR) is 84.7 cm³/mol. The minimum atomic E-state index is -0.413. The molecule has 0 saturated heterocycles. The molecule has 0 radical (unpaired) electrons. The van der Waals surface area contributed by atoms with Gasteiger partial charge in [-0.15, -0.1) is 0 Å². The van der Waals surface area contributed by atoms with E-state index >= 15 is 0 Å². The van der Waals surface area contributed by atoms with Crippen LogP contribution in [0.5, 0.6) is 0 Å². The summed E-state index contributed by atoms with van der Waals surface area (Å²) in [5, 5.41) is 4.58. The molecule has 23 heavy (non-hydrogen) atoms. The largest absolute Gasteiger partial charge is 1.00 e. The van der Waals surface area contributed by atoms with Crippen molar-refractivity contribution < 1.29 is 27.4 Å². The van der Waals surface area contributed by atoms with Crippen molar-refractivity contribution in [2.75, 3.05) is 0 Å². The second kappa shape index (κ2) is 8.10. The topological polar surface area (TPSA) is 99.3 Å². The van der Waals surface area contributed by atoms with Crippen LogP contribution >= 0.6 is 11.6 Å². The Labute approximate surface area is 144 Å². The Morgan fingerprint density at radius 3 is 2.78 bits per heavy atom. The first-order valence-corrected chi connectivity index (χ1v) is 7.15. The number of amides is 1. The molecule has 1 atom stereocenters. The summed E-state index contributed by atoms with van der Waals surface area (Å²) in [6.07, 6.45) is 2.54. The van der Waals surface area contributed by atoms with Gasteiger partial charge in [0.15, 0.2) is 6.04 Å². The van der Waals surface area contributed by atoms with Crippen molar-refractivity contribution in [3.8, 4) is 0 Å². The van der Waals surface area contributed by atoms with Gasteiger partial charge in [-0.25, -0.2) is 5.43 Å². The zero-order valence-electron chi connectivity index (χ0n) is 12.7. The molecule has 0 aliphatic rings. The summed E-state index contributed by atoms with van der Waals surface area (Å²) in [6.45, 7) is 3.78. The van der Waals surface area contributed by atoms with Gasteiger partial charge in [-0.3, -0.25) is 9.59 Å². The van der Waals surface area contributed by atoms with E-state index in [1.807, 2.05) is 13.8 Å². The molecule has 2 aromatic rings. The zero-order valence-corrected chi connectivity index (χ0v) is 14.2. The van der Waals surface area contributed by atoms with E-state index in [1.54, 1.807) is 12.1 Å². The summed E-state index contributed by atoms with van der Waals surface area (Å²) in [4.78, 5) is 24.0. The number of hydrogen-bond acceptors (Lipinski definition) is 4. The van der Waals surface area contributed by atoms with Gasteiger partial charge in [0.25, 0.3) is 5.91 Å². The van der Waals surface area contributed by atoms with Gasteiger partial charge >= 0.3 is 0 Å². The second-order valence-corrected chi connectivity index (χ2v) is 5.68. The molecule has 0 fully saturated rings. The Kier molecular flexibility index (Phi) is 6.75. The molecule has 124 valence electrons. The van der Waals surface area contributed by atoms with E-state index in [0.29, 0.717) is 16.0 Å². The van der Waals surface area contributed by atoms with Crippen molar-refractivity contribution in [2.45, 2.75) is 19.9 Å². The highest BCUT2D eigenvalue weighted by molar-refractivity contribution is 6.31. The summed E-state index contributed by atoms with van der Waals surface area (Å²) in [7, 11) is 0. The number of carbonyl (C=O) groups excluding carboxylic acids is 1. The molecule has 1 heterocycles. The molecule has 0 unspecified atom stereocenters. The van der Waals surface area contributed by atoms with Gasteiger partial charge in [0, 0.05) is 10.9 Å². The first-order valence-electron chi connectivity index (χ1n) is 6.77. The summed E-state index contributed by atoms with van der Waals surface area (Å²) < 4.78 is 5.35. The molecule has 0 bridgehead atoms. The van der Waals surface area contributed by atoms with Crippen molar-refractivity contribution in [1.82, 2.24) is 5.43 Å². The number of benzene rings is 1. The monoisotopic (exact) mass is 357 g/mol. The number of hydrazone groups is 1. The van der Waals surface area contributed by atoms with Crippen molar-refractivity contribution in [3.63, 3.8) is 0 Å². The normalized spacial score (nSPS) is 12.4. The lowest BCUT2D eigenvalue weighted by molar-refractivity contribution is -0.414. The highest BCUT2D eigenvalue weighted by Crippen LogP contribution is 2.16. The lowest BCUT2D eigenvalue weighted by Gasteiger charge is -2.09. The standard InChI is InChI=1S/C15H16ClN3O3.ClH/c1-8(2)13(17)15(21)19-18-6-9-7-22-12-4-3-10(16)5-11(12)14(9)20;/h3-8,13H,17H2,1-2H3,(H,19,21);1H/b18-6+;/t13-;/m0./s1. The van der Waals surface area contributed by atoms with Crippen LogP contribution in [0.3, 0.4) is 0 Å². The molecular weight excluding hydrogens is 341 g/mol. The molecule has 4 N–H and O–H groups in total. The van der Waals surface area contributed by atoms with E-state index in [1.165, 1.54) is 18.5 Å². The Bertz CT molecular complexity index is 787. The van der Waals surface area contributed by atoms with E-state index in [0.717, 1.165) is 0 Å². The Morgan fingerprint density at radius 1 is 1.43 bits per heavy atom. The average molecular weight is 358 g/mol. The predicted octanol–water partition coefficient (Wildman–Crippen LogP) is -1.83. The van der Waals surface area contributed by atoms with Crippen LogP contribution < -0.4 is 29.0 Å². The number of rotatable bonds is 4. The van der Waals surface area contributed by atoms with Crippen molar-refractivity contribution in [1.29, 1.82) is 0 Å². The van der Waals surface area contributed by atoms with Crippen molar-refractivity contribution in [2.24, 2.45) is 11.0 Å². The van der Waals surface area contributed by atoms with Gasteiger partial charge in [0.2, 0.25) is 5.43 Å². The molecule has 8 heteroatoms. The molecule has 0 aliphatic heterocycles. The number of carbonyl (C=O) groups is 1. The first kappa shape index (κ1) is 19.2. The SMILES string of the molecule is CC(C)[C@H]([NH3+])C(=O)N/N=C/c1coc2ccc(Cl)cc2c1=O.[Cl-]. The van der Waals surface area contributed by atoms with Gasteiger partial charge in [-0.2, -0.15) is 5.10 Å². The fraction of sp³-hybridized carbons (Fsp3) is 0.267. The Morgan fingerprint density at radius 2 is 2.13 bits per heavy atom. The lowest BCUT2D eigenvalue weighted by Crippen LogP contribution is -3.00. The molecule has 1 amide bonds. The van der Waals surface area contributed by atoms with Gasteiger partial charge in [-0.1, -0.05) is 25.4 Å². The van der Waals surface area contributed by atoms with Crippen LogP contribution in [0.2, 0.25) is 5.02 Å². The lowest BCUT2D eigenvalue weighted by atomic mass is 10.1. The molecule has 0 saturated carbocycles. The molecule has 1 aromatic heterocycles. The molecule has 2 rings (SSSR count). The van der Waals surface area contributed by atoms with Crippen LogP contribution in [0.4, 0.5) is 0 Å². The van der Waals surface area contributed by atoms with Gasteiger partial charge < -0.3 is 22.6 Å². The van der Waals surface area contributed by atoms with Crippen molar-refractivity contribution >= 4 is 34.7 Å². The van der Waals surface area contributed by atoms with E-state index in [-0.39, 0.29) is 35.2 Å². The molecule has 0 spiro atoms. The first-order chi connectivity index (χ1) is 10.4. The van der Waals surface area contributed by atoms with E-state index in [2.05, 4.69) is 16.3 Å². The fourth-order valence-corrected chi connectivity index (χ4v) is 1.93.